The lowest BCUT2D eigenvalue weighted by atomic mass is 9.88. The maximum Gasteiger partial charge on any atom is 0.154 e. The summed E-state index contributed by atoms with van der Waals surface area (Å²) in [6.07, 6.45) is 9.57. The van der Waals surface area contributed by atoms with Gasteiger partial charge in [-0.2, -0.15) is 0 Å². The van der Waals surface area contributed by atoms with E-state index in [0.29, 0.717) is 12.5 Å². The zero-order valence-corrected chi connectivity index (χ0v) is 10.1. The molecule has 0 N–H and O–H groups in total. The Bertz CT molecular complexity index is 185. The third-order valence-electron chi connectivity index (χ3n) is 3.28. The summed E-state index contributed by atoms with van der Waals surface area (Å²) < 4.78 is 5.26. The number of hydrogen-bond acceptors (Lipinski definition) is 2. The lowest BCUT2D eigenvalue weighted by Gasteiger charge is -2.17. The lowest BCUT2D eigenvalue weighted by molar-refractivity contribution is -0.112. The third-order valence-corrected chi connectivity index (χ3v) is 3.28. The van der Waals surface area contributed by atoms with E-state index in [-0.39, 0.29) is 5.60 Å². The highest BCUT2D eigenvalue weighted by atomic mass is 16.6. The predicted molar refractivity (Wildman–Crippen MR) is 61.9 cm³/mol. The quantitative estimate of drug-likeness (QED) is 0.333. The number of unbranched alkanes of at least 4 members (excludes halogenated alkanes) is 2. The number of aldehydes is 1. The minimum absolute atomic E-state index is 0.369. The van der Waals surface area contributed by atoms with Crippen LogP contribution in [0.25, 0.3) is 0 Å². The second-order valence-corrected chi connectivity index (χ2v) is 4.83. The van der Waals surface area contributed by atoms with E-state index in [0.717, 1.165) is 12.7 Å². The molecule has 0 aromatic heterocycles. The van der Waals surface area contributed by atoms with Crippen LogP contribution in [0.4, 0.5) is 0 Å². The summed E-state index contributed by atoms with van der Waals surface area (Å²) in [5.41, 5.74) is -0.369. The molecule has 0 aromatic rings. The van der Waals surface area contributed by atoms with Gasteiger partial charge in [0.1, 0.15) is 5.60 Å². The summed E-state index contributed by atoms with van der Waals surface area (Å²) in [6, 6.07) is 0. The number of rotatable bonds is 9. The van der Waals surface area contributed by atoms with E-state index in [1.54, 1.807) is 0 Å². The predicted octanol–water partition coefficient (Wildman–Crippen LogP) is 3.34. The molecule has 0 spiro atoms. The van der Waals surface area contributed by atoms with Gasteiger partial charge in [-0.1, -0.05) is 52.4 Å². The van der Waals surface area contributed by atoms with Crippen molar-refractivity contribution in [2.75, 3.05) is 6.61 Å². The minimum atomic E-state index is -0.369. The van der Waals surface area contributed by atoms with Crippen molar-refractivity contribution in [1.29, 1.82) is 0 Å². The van der Waals surface area contributed by atoms with E-state index in [1.165, 1.54) is 38.5 Å². The van der Waals surface area contributed by atoms with Crippen LogP contribution in [0.15, 0.2) is 0 Å². The Morgan fingerprint density at radius 1 is 1.27 bits per heavy atom. The van der Waals surface area contributed by atoms with Crippen LogP contribution in [0.2, 0.25) is 0 Å². The highest BCUT2D eigenvalue weighted by Crippen LogP contribution is 2.35. The van der Waals surface area contributed by atoms with Crippen molar-refractivity contribution < 1.29 is 9.53 Å². The summed E-state index contributed by atoms with van der Waals surface area (Å²) >= 11 is 0. The van der Waals surface area contributed by atoms with Gasteiger partial charge in [0, 0.05) is 0 Å². The molecule has 0 amide bonds. The van der Waals surface area contributed by atoms with Crippen LogP contribution >= 0.6 is 0 Å². The van der Waals surface area contributed by atoms with Crippen molar-refractivity contribution in [3.8, 4) is 0 Å². The largest absolute Gasteiger partial charge is 0.362 e. The van der Waals surface area contributed by atoms with Crippen LogP contribution in [-0.2, 0) is 9.53 Å². The zero-order chi connectivity index (χ0) is 11.1. The molecule has 1 aliphatic heterocycles. The Hall–Kier alpha value is -0.370. The minimum Gasteiger partial charge on any atom is -0.362 e. The van der Waals surface area contributed by atoms with E-state index < -0.39 is 0 Å². The van der Waals surface area contributed by atoms with Gasteiger partial charge in [-0.05, 0) is 12.3 Å². The first-order valence-corrected chi connectivity index (χ1v) is 6.36. The molecular weight excluding hydrogens is 188 g/mol. The van der Waals surface area contributed by atoms with Gasteiger partial charge in [0.15, 0.2) is 6.29 Å². The van der Waals surface area contributed by atoms with Crippen molar-refractivity contribution >= 4 is 6.29 Å². The molecule has 1 aliphatic rings. The smallest absolute Gasteiger partial charge is 0.154 e. The topological polar surface area (TPSA) is 29.6 Å². The van der Waals surface area contributed by atoms with Crippen molar-refractivity contribution in [2.24, 2.45) is 5.92 Å². The fourth-order valence-corrected chi connectivity index (χ4v) is 2.26. The Morgan fingerprint density at radius 3 is 2.47 bits per heavy atom. The summed E-state index contributed by atoms with van der Waals surface area (Å²) in [6.45, 7) is 5.10. The average molecular weight is 212 g/mol. The van der Waals surface area contributed by atoms with Crippen LogP contribution < -0.4 is 0 Å². The standard InChI is InChI=1S/C13H24O2/c1-3-5-6-8-12(7-4-2)9-13(10-14)11-15-13/h10,12H,3-9,11H2,1-2H3. The number of epoxide rings is 1. The van der Waals surface area contributed by atoms with Crippen LogP contribution in [0, 0.1) is 5.92 Å². The number of ether oxygens (including phenoxy) is 1. The van der Waals surface area contributed by atoms with E-state index in [2.05, 4.69) is 13.8 Å². The first kappa shape index (κ1) is 12.7. The second kappa shape index (κ2) is 6.26. The van der Waals surface area contributed by atoms with Crippen molar-refractivity contribution in [3.63, 3.8) is 0 Å². The number of hydrogen-bond donors (Lipinski definition) is 0. The first-order valence-electron chi connectivity index (χ1n) is 6.36. The van der Waals surface area contributed by atoms with Crippen LogP contribution in [0.3, 0.4) is 0 Å². The molecule has 0 aromatic carbocycles. The maximum atomic E-state index is 10.8. The molecule has 0 bridgehead atoms. The fraction of sp³-hybridized carbons (Fsp3) is 0.923. The van der Waals surface area contributed by atoms with Crippen molar-refractivity contribution in [2.45, 2.75) is 64.4 Å². The highest BCUT2D eigenvalue weighted by molar-refractivity contribution is 5.66. The lowest BCUT2D eigenvalue weighted by Crippen LogP contribution is -2.18. The Kier molecular flexibility index (Phi) is 5.30. The molecular formula is C13H24O2. The first-order chi connectivity index (χ1) is 7.26. The van der Waals surface area contributed by atoms with Gasteiger partial charge in [0.25, 0.3) is 0 Å². The van der Waals surface area contributed by atoms with Gasteiger partial charge in [-0.15, -0.1) is 0 Å². The van der Waals surface area contributed by atoms with E-state index >= 15 is 0 Å². The molecule has 2 heteroatoms. The third kappa shape index (κ3) is 4.33. The van der Waals surface area contributed by atoms with E-state index in [1.807, 2.05) is 0 Å². The van der Waals surface area contributed by atoms with Crippen LogP contribution in [0.1, 0.15) is 58.8 Å². The summed E-state index contributed by atoms with van der Waals surface area (Å²) in [5.74, 6) is 0.689. The molecule has 1 fully saturated rings. The molecule has 2 unspecified atom stereocenters. The summed E-state index contributed by atoms with van der Waals surface area (Å²) in [7, 11) is 0. The maximum absolute atomic E-state index is 10.8. The van der Waals surface area contributed by atoms with Gasteiger partial charge in [-0.3, -0.25) is 0 Å². The van der Waals surface area contributed by atoms with Crippen molar-refractivity contribution in [1.82, 2.24) is 0 Å². The molecule has 88 valence electrons. The van der Waals surface area contributed by atoms with Gasteiger partial charge >= 0.3 is 0 Å². The average Bonchev–Trinajstić information content (AvgIpc) is 2.99. The molecule has 15 heavy (non-hydrogen) atoms. The van der Waals surface area contributed by atoms with Gasteiger partial charge < -0.3 is 9.53 Å². The van der Waals surface area contributed by atoms with Crippen molar-refractivity contribution in [3.05, 3.63) is 0 Å². The number of carbonyl (C=O) groups is 1. The van der Waals surface area contributed by atoms with E-state index in [9.17, 15) is 4.79 Å². The van der Waals surface area contributed by atoms with Gasteiger partial charge in [0.05, 0.1) is 6.61 Å². The number of carbonyl (C=O) groups excluding carboxylic acids is 1. The summed E-state index contributed by atoms with van der Waals surface area (Å²) in [4.78, 5) is 10.8. The zero-order valence-electron chi connectivity index (χ0n) is 10.1. The Labute approximate surface area is 93.4 Å². The highest BCUT2D eigenvalue weighted by Gasteiger charge is 2.45. The monoisotopic (exact) mass is 212 g/mol. The Balaban J connectivity index is 2.26. The van der Waals surface area contributed by atoms with Gasteiger partial charge in [-0.25, -0.2) is 0 Å². The summed E-state index contributed by atoms with van der Waals surface area (Å²) in [5, 5.41) is 0. The molecule has 1 heterocycles. The molecule has 2 atom stereocenters. The molecule has 2 nitrogen and oxygen atoms in total. The van der Waals surface area contributed by atoms with Crippen LogP contribution in [0.5, 0.6) is 0 Å². The van der Waals surface area contributed by atoms with E-state index in [4.69, 9.17) is 4.74 Å². The van der Waals surface area contributed by atoms with Gasteiger partial charge in [0.2, 0.25) is 0 Å². The molecule has 0 aliphatic carbocycles. The molecule has 0 radical (unpaired) electrons. The molecule has 1 rings (SSSR count). The molecule has 1 saturated heterocycles. The normalized spacial score (nSPS) is 26.3. The second-order valence-electron chi connectivity index (χ2n) is 4.83. The fourth-order valence-electron chi connectivity index (χ4n) is 2.26. The van der Waals surface area contributed by atoms with Crippen LogP contribution in [-0.4, -0.2) is 18.5 Å². The molecule has 0 saturated carbocycles. The SMILES string of the molecule is CCCCCC(CCC)CC1(C=O)CO1. The Morgan fingerprint density at radius 2 is 2.00 bits per heavy atom.